The molecule has 0 aromatic rings. The molecular weight excluding hydrogens is 220 g/mol. The van der Waals surface area contributed by atoms with E-state index < -0.39 is 6.16 Å². The molecule has 0 rings (SSSR count). The van der Waals surface area contributed by atoms with Crippen molar-refractivity contribution in [3.8, 4) is 0 Å². The molecule has 0 spiro atoms. The smallest absolute Gasteiger partial charge is 0.450 e. The van der Waals surface area contributed by atoms with Crippen molar-refractivity contribution in [2.45, 2.75) is 0 Å². The number of hydrogen-bond acceptors (Lipinski definition) is 6. The molecule has 0 heterocycles. The van der Waals surface area contributed by atoms with Gasteiger partial charge in [-0.25, -0.2) is 4.79 Å². The van der Waals surface area contributed by atoms with Crippen LogP contribution in [0.15, 0.2) is 0 Å². The SMILES string of the molecule is O=C(O)OCCOCCOCCOCCO. The standard InChI is InChI=1S/C9H18O7/c10-1-2-13-3-4-14-5-6-15-7-8-16-9(11)12/h10H,1-8H2,(H,11,12). The monoisotopic (exact) mass is 238 g/mol. The summed E-state index contributed by atoms with van der Waals surface area (Å²) in [6, 6.07) is 0. The van der Waals surface area contributed by atoms with E-state index in [1.54, 1.807) is 0 Å². The van der Waals surface area contributed by atoms with Gasteiger partial charge in [-0.3, -0.25) is 0 Å². The molecule has 0 amide bonds. The summed E-state index contributed by atoms with van der Waals surface area (Å²) >= 11 is 0. The molecule has 0 aliphatic rings. The van der Waals surface area contributed by atoms with Crippen LogP contribution in [0.1, 0.15) is 0 Å². The van der Waals surface area contributed by atoms with E-state index in [-0.39, 0.29) is 19.8 Å². The Balaban J connectivity index is 2.90. The Kier molecular flexibility index (Phi) is 11.5. The average Bonchev–Trinajstić information content (AvgIpc) is 2.25. The molecule has 16 heavy (non-hydrogen) atoms. The second-order valence-electron chi connectivity index (χ2n) is 2.68. The van der Waals surface area contributed by atoms with Gasteiger partial charge in [-0.2, -0.15) is 0 Å². The van der Waals surface area contributed by atoms with Gasteiger partial charge in [0.15, 0.2) is 0 Å². The van der Waals surface area contributed by atoms with Crippen molar-refractivity contribution in [3.63, 3.8) is 0 Å². The third-order valence-electron chi connectivity index (χ3n) is 1.43. The Bertz CT molecular complexity index is 162. The van der Waals surface area contributed by atoms with Crippen LogP contribution in [0.4, 0.5) is 4.79 Å². The van der Waals surface area contributed by atoms with Crippen LogP contribution in [0.3, 0.4) is 0 Å². The van der Waals surface area contributed by atoms with E-state index in [1.165, 1.54) is 0 Å². The van der Waals surface area contributed by atoms with Gasteiger partial charge in [-0.05, 0) is 0 Å². The van der Waals surface area contributed by atoms with Gasteiger partial charge < -0.3 is 29.2 Å². The number of aliphatic hydroxyl groups is 1. The van der Waals surface area contributed by atoms with Gasteiger partial charge in [0.05, 0.1) is 46.2 Å². The Morgan fingerprint density at radius 1 is 0.812 bits per heavy atom. The fourth-order valence-corrected chi connectivity index (χ4v) is 0.794. The van der Waals surface area contributed by atoms with Crippen molar-refractivity contribution in [1.29, 1.82) is 0 Å². The van der Waals surface area contributed by atoms with E-state index in [0.29, 0.717) is 33.0 Å². The maximum absolute atomic E-state index is 9.93. The second kappa shape index (κ2) is 12.2. The quantitative estimate of drug-likeness (QED) is 0.377. The molecule has 0 atom stereocenters. The molecule has 0 radical (unpaired) electrons. The topological polar surface area (TPSA) is 94.5 Å². The van der Waals surface area contributed by atoms with Crippen LogP contribution in [0.25, 0.3) is 0 Å². The van der Waals surface area contributed by atoms with Crippen LogP contribution < -0.4 is 0 Å². The van der Waals surface area contributed by atoms with Crippen molar-refractivity contribution >= 4 is 6.16 Å². The van der Waals surface area contributed by atoms with Crippen LogP contribution in [0.5, 0.6) is 0 Å². The number of rotatable bonds is 11. The number of aliphatic hydroxyl groups excluding tert-OH is 1. The van der Waals surface area contributed by atoms with Crippen LogP contribution >= 0.6 is 0 Å². The third kappa shape index (κ3) is 13.1. The molecule has 0 saturated carbocycles. The first-order valence-corrected chi connectivity index (χ1v) is 4.97. The van der Waals surface area contributed by atoms with E-state index in [9.17, 15) is 4.79 Å². The minimum atomic E-state index is -1.30. The molecule has 7 heteroatoms. The first kappa shape index (κ1) is 15.1. The van der Waals surface area contributed by atoms with Crippen LogP contribution in [0.2, 0.25) is 0 Å². The normalized spacial score (nSPS) is 10.3. The van der Waals surface area contributed by atoms with Crippen LogP contribution in [-0.4, -0.2) is 69.2 Å². The maximum atomic E-state index is 9.93. The minimum Gasteiger partial charge on any atom is -0.450 e. The van der Waals surface area contributed by atoms with Crippen molar-refractivity contribution in [3.05, 3.63) is 0 Å². The second-order valence-corrected chi connectivity index (χ2v) is 2.68. The van der Waals surface area contributed by atoms with Crippen molar-refractivity contribution < 1.29 is 34.0 Å². The summed E-state index contributed by atoms with van der Waals surface area (Å²) in [6.07, 6.45) is -1.30. The van der Waals surface area contributed by atoms with Gasteiger partial charge in [0.1, 0.15) is 6.61 Å². The molecule has 96 valence electrons. The van der Waals surface area contributed by atoms with Crippen LogP contribution in [-0.2, 0) is 18.9 Å². The summed E-state index contributed by atoms with van der Waals surface area (Å²) in [7, 11) is 0. The zero-order valence-electron chi connectivity index (χ0n) is 9.09. The molecule has 2 N–H and O–H groups in total. The van der Waals surface area contributed by atoms with Gasteiger partial charge >= 0.3 is 6.16 Å². The molecule has 0 aromatic carbocycles. The summed E-state index contributed by atoms with van der Waals surface area (Å²) in [5.74, 6) is 0. The largest absolute Gasteiger partial charge is 0.505 e. The number of ether oxygens (including phenoxy) is 4. The molecule has 0 bridgehead atoms. The molecule has 0 aliphatic carbocycles. The first-order valence-electron chi connectivity index (χ1n) is 4.97. The summed E-state index contributed by atoms with van der Waals surface area (Å²) in [4.78, 5) is 9.93. The number of carbonyl (C=O) groups is 1. The molecule has 0 saturated heterocycles. The number of carboxylic acid groups (broad SMARTS) is 1. The van der Waals surface area contributed by atoms with Gasteiger partial charge in [0, 0.05) is 0 Å². The fourth-order valence-electron chi connectivity index (χ4n) is 0.794. The lowest BCUT2D eigenvalue weighted by Crippen LogP contribution is -2.13. The highest BCUT2D eigenvalue weighted by Crippen LogP contribution is 1.82. The summed E-state index contributed by atoms with van der Waals surface area (Å²) < 4.78 is 19.3. The van der Waals surface area contributed by atoms with Crippen LogP contribution in [0, 0.1) is 0 Å². The van der Waals surface area contributed by atoms with Crippen molar-refractivity contribution in [1.82, 2.24) is 0 Å². The predicted octanol–water partition coefficient (Wildman–Crippen LogP) is -0.277. The van der Waals surface area contributed by atoms with E-state index in [1.807, 2.05) is 0 Å². The van der Waals surface area contributed by atoms with Crippen molar-refractivity contribution in [2.75, 3.05) is 52.9 Å². The van der Waals surface area contributed by atoms with E-state index in [0.717, 1.165) is 0 Å². The molecule has 7 nitrogen and oxygen atoms in total. The third-order valence-corrected chi connectivity index (χ3v) is 1.43. The van der Waals surface area contributed by atoms with E-state index in [4.69, 9.17) is 24.4 Å². The highest BCUT2D eigenvalue weighted by molar-refractivity contribution is 5.56. The molecule has 0 fully saturated rings. The van der Waals surface area contributed by atoms with Gasteiger partial charge in [0.2, 0.25) is 0 Å². The minimum absolute atomic E-state index is 0.00664. The van der Waals surface area contributed by atoms with E-state index >= 15 is 0 Å². The molecule has 0 aromatic heterocycles. The zero-order chi connectivity index (χ0) is 12.1. The Hall–Kier alpha value is -0.890. The summed E-state index contributed by atoms with van der Waals surface area (Å²) in [5.41, 5.74) is 0. The lowest BCUT2D eigenvalue weighted by atomic mass is 10.7. The van der Waals surface area contributed by atoms with E-state index in [2.05, 4.69) is 4.74 Å². The summed E-state index contributed by atoms with van der Waals surface area (Å²) in [6.45, 7) is 2.22. The lowest BCUT2D eigenvalue weighted by molar-refractivity contribution is -0.00253. The highest BCUT2D eigenvalue weighted by Gasteiger charge is 1.95. The number of hydrogen-bond donors (Lipinski definition) is 2. The molecule has 0 aliphatic heterocycles. The summed E-state index contributed by atoms with van der Waals surface area (Å²) in [5, 5.41) is 16.5. The zero-order valence-corrected chi connectivity index (χ0v) is 9.09. The molecule has 0 unspecified atom stereocenters. The van der Waals surface area contributed by atoms with Crippen molar-refractivity contribution in [2.24, 2.45) is 0 Å². The Morgan fingerprint density at radius 2 is 1.25 bits per heavy atom. The molecular formula is C9H18O7. The first-order chi connectivity index (χ1) is 7.77. The Morgan fingerprint density at radius 3 is 1.69 bits per heavy atom. The Labute approximate surface area is 93.9 Å². The highest BCUT2D eigenvalue weighted by atomic mass is 16.7. The van der Waals surface area contributed by atoms with Gasteiger partial charge in [-0.1, -0.05) is 0 Å². The van der Waals surface area contributed by atoms with Gasteiger partial charge in [0.25, 0.3) is 0 Å². The predicted molar refractivity (Wildman–Crippen MR) is 53.5 cm³/mol. The maximum Gasteiger partial charge on any atom is 0.505 e. The average molecular weight is 238 g/mol. The van der Waals surface area contributed by atoms with Gasteiger partial charge in [-0.15, -0.1) is 0 Å². The lowest BCUT2D eigenvalue weighted by Gasteiger charge is -2.05. The fraction of sp³-hybridized carbons (Fsp3) is 0.889.